The van der Waals surface area contributed by atoms with Crippen molar-refractivity contribution in [3.05, 3.63) is 0 Å². The van der Waals surface area contributed by atoms with Crippen molar-refractivity contribution in [1.29, 1.82) is 0 Å². The van der Waals surface area contributed by atoms with Crippen molar-refractivity contribution in [2.45, 2.75) is 335 Å². The van der Waals surface area contributed by atoms with Gasteiger partial charge in [-0.25, -0.2) is 0 Å². The first-order chi connectivity index (χ1) is 58.6. The Hall–Kier alpha value is -8.06. The molecule has 0 spiro atoms. The highest BCUT2D eigenvalue weighted by Crippen LogP contribution is 2.24. The summed E-state index contributed by atoms with van der Waals surface area (Å²) in [5.74, 6) is -15.5. The minimum absolute atomic E-state index is 0.00283. The van der Waals surface area contributed by atoms with Crippen molar-refractivity contribution in [2.75, 3.05) is 57.3 Å². The van der Waals surface area contributed by atoms with Crippen molar-refractivity contribution >= 4 is 116 Å². The van der Waals surface area contributed by atoms with Crippen LogP contribution in [0.1, 0.15) is 244 Å². The molecule has 1 rings (SSSR count). The summed E-state index contributed by atoms with van der Waals surface area (Å²) in [5.41, 5.74) is 42.2. The minimum atomic E-state index is -1.58. The summed E-state index contributed by atoms with van der Waals surface area (Å²) in [4.78, 5) is 231. The SMILES string of the molecule is CC(C)C[C@H](NC(=O)[C@H](CCCCN)NC(=O)[C@@H]1CSSC[C@H](N)C(=O)N[C@@H](CCCCN)C(=O)N[C@@H](CCCCN)C(=O)N[C@@H](CC(C)C)C(=O)N[C@@H](CC(C)C)C(=O)N[C@@H](CCCCN)C(=O)N[C@@H](CC(C)C)C(=O)N[C@@H](CC(C)C)C(=O)N[C@@H](CCCCN)C(=O)N[C@@H](CCCCN)C(=O)N[C@@H](CC(C)C)C(=O)N1)C(=O)N[C@@H](C)C(=O)NCC(=O)O. The Morgan fingerprint density at radius 3 is 0.887 bits per heavy atom. The molecule has 1 aliphatic heterocycles. The van der Waals surface area contributed by atoms with E-state index in [0.717, 1.165) is 21.6 Å². The van der Waals surface area contributed by atoms with Gasteiger partial charge in [0.25, 0.3) is 0 Å². The van der Waals surface area contributed by atoms with E-state index >= 15 is 14.4 Å². The van der Waals surface area contributed by atoms with E-state index in [4.69, 9.17) is 45.2 Å². The van der Waals surface area contributed by atoms with Crippen LogP contribution in [0.25, 0.3) is 0 Å². The van der Waals surface area contributed by atoms with Crippen molar-refractivity contribution in [2.24, 2.45) is 75.6 Å². The first-order valence-corrected chi connectivity index (χ1v) is 47.0. The van der Waals surface area contributed by atoms with Gasteiger partial charge in [-0.3, -0.25) is 76.7 Å². The third-order valence-electron chi connectivity index (χ3n) is 20.2. The van der Waals surface area contributed by atoms with E-state index < -0.39 is 192 Å². The van der Waals surface area contributed by atoms with Crippen molar-refractivity contribution in [3.8, 4) is 0 Å². The van der Waals surface area contributed by atoms with Gasteiger partial charge in [0, 0.05) is 11.5 Å². The highest BCUT2D eigenvalue weighted by atomic mass is 33.1. The van der Waals surface area contributed by atoms with Gasteiger partial charge in [0.15, 0.2) is 0 Å². The zero-order valence-electron chi connectivity index (χ0n) is 75.8. The Balaban J connectivity index is 4.56. The Morgan fingerprint density at radius 2 is 0.597 bits per heavy atom. The minimum Gasteiger partial charge on any atom is -0.480 e. The van der Waals surface area contributed by atoms with Crippen molar-refractivity contribution < 1.29 is 81.8 Å². The average Bonchev–Trinajstić information content (AvgIpc) is 0.851. The number of carbonyl (C=O) groups is 16. The summed E-state index contributed by atoms with van der Waals surface area (Å²) in [7, 11) is 1.97. The van der Waals surface area contributed by atoms with Crippen LogP contribution in [0, 0.1) is 35.5 Å². The van der Waals surface area contributed by atoms with Gasteiger partial charge >= 0.3 is 5.97 Å². The van der Waals surface area contributed by atoms with Crippen LogP contribution in [-0.4, -0.2) is 248 Å². The quantitative estimate of drug-likeness (QED) is 0.0251. The Bertz CT molecular complexity index is 3310. The fourth-order valence-corrected chi connectivity index (χ4v) is 15.8. The molecule has 0 unspecified atom stereocenters. The molecule has 1 aliphatic rings. The van der Waals surface area contributed by atoms with Gasteiger partial charge < -0.3 is 125 Å². The first kappa shape index (κ1) is 114. The maximum Gasteiger partial charge on any atom is 0.322 e. The van der Waals surface area contributed by atoms with Gasteiger partial charge in [0.05, 0.1) is 6.04 Å². The van der Waals surface area contributed by atoms with Crippen LogP contribution in [-0.2, 0) is 76.7 Å². The molecular formula is C83H156N22O17S2. The number of carboxylic acids is 1. The van der Waals surface area contributed by atoms with Crippen molar-refractivity contribution in [3.63, 3.8) is 0 Å². The Labute approximate surface area is 741 Å². The van der Waals surface area contributed by atoms with E-state index in [-0.39, 0.29) is 176 Å². The molecule has 0 aromatic heterocycles. The summed E-state index contributed by atoms with van der Waals surface area (Å²) in [6.07, 6.45) is 4.50. The maximum absolute atomic E-state index is 15.2. The predicted molar refractivity (Wildman–Crippen MR) is 480 cm³/mol. The number of unbranched alkanes of at least 4 members (excludes halogenated alkanes) is 6. The molecule has 1 fully saturated rings. The van der Waals surface area contributed by atoms with E-state index in [2.05, 4.69) is 79.8 Å². The Kier molecular flexibility index (Phi) is 58.6. The fraction of sp³-hybridized carbons (Fsp3) is 0.807. The molecular weight excluding hydrogens is 1640 g/mol. The van der Waals surface area contributed by atoms with Crippen LogP contribution in [0.2, 0.25) is 0 Å². The number of nitrogens with two attached hydrogens (primary N) is 7. The summed E-state index contributed by atoms with van der Waals surface area (Å²) in [5, 5.41) is 50.2. The second-order valence-electron chi connectivity index (χ2n) is 34.8. The third-order valence-corrected chi connectivity index (χ3v) is 22.7. The maximum atomic E-state index is 15.2. The summed E-state index contributed by atoms with van der Waals surface area (Å²) in [6, 6.07) is -20.2. The summed E-state index contributed by atoms with van der Waals surface area (Å²) < 4.78 is 0. The fourth-order valence-electron chi connectivity index (χ4n) is 13.5. The summed E-state index contributed by atoms with van der Waals surface area (Å²) >= 11 is 0. The lowest BCUT2D eigenvalue weighted by Crippen LogP contribution is -2.61. The number of hydrogen-bond donors (Lipinski definition) is 23. The molecule has 0 saturated carbocycles. The van der Waals surface area contributed by atoms with Crippen LogP contribution in [0.15, 0.2) is 0 Å². The largest absolute Gasteiger partial charge is 0.480 e. The standard InChI is InChI=1S/C83H156N22O17S2/c1-47(2)38-61(77(116)92-53(13)69(108)91-44-68(106)107)99-76(115)60(31-19-25-37-89)98-83(122)67-46-124-123-45-54(90)70(109)93-55(26-14-20-32-84)71(110)94-57(28-16-22-34-86)73(112)100-64(41-50(7)8)80(119)104-63(40-49(5)6)79(118)97-59(30-18-24-36-88)75(114)101-65(42-51(9)10)81(120)103-62(39-48(3)4)78(117)96-56(27-15-21-33-85)72(111)95-58(29-17-23-35-87)74(113)102-66(43-52(11)12)82(121)105-67/h47-67H,14-46,84-90H2,1-13H3,(H,91,108)(H,92,116)(H,93,109)(H,94,110)(H,95,111)(H,96,117)(H,97,118)(H,98,122)(H,99,115)(H,100,112)(H,101,114)(H,102,113)(H,103,120)(H,104,119)(H,105,121)(H,106,107)/t53-,54-,55-,56-,57-,58-,59-,60-,61-,62-,63-,64-,65-,66-,67-/m0/s1. The van der Waals surface area contributed by atoms with Gasteiger partial charge in [0.1, 0.15) is 91.1 Å². The second-order valence-corrected chi connectivity index (χ2v) is 37.3. The molecule has 39 nitrogen and oxygen atoms in total. The molecule has 0 aromatic carbocycles. The molecule has 15 atom stereocenters. The number of rotatable bonds is 45. The molecule has 15 amide bonds. The molecule has 30 N–H and O–H groups in total. The number of carbonyl (C=O) groups excluding carboxylic acids is 15. The van der Waals surface area contributed by atoms with Crippen molar-refractivity contribution in [1.82, 2.24) is 79.8 Å². The van der Waals surface area contributed by atoms with E-state index in [1.54, 1.807) is 27.7 Å². The number of aliphatic carboxylic acids is 1. The lowest BCUT2D eigenvalue weighted by Gasteiger charge is -2.30. The van der Waals surface area contributed by atoms with Crippen LogP contribution in [0.3, 0.4) is 0 Å². The average molecular weight is 1800 g/mol. The molecule has 41 heteroatoms. The zero-order valence-corrected chi connectivity index (χ0v) is 77.4. The normalized spacial score (nSPS) is 23.2. The highest BCUT2D eigenvalue weighted by molar-refractivity contribution is 8.76. The van der Waals surface area contributed by atoms with E-state index in [1.807, 2.05) is 55.4 Å². The molecule has 1 saturated heterocycles. The first-order valence-electron chi connectivity index (χ1n) is 44.5. The van der Waals surface area contributed by atoms with Gasteiger partial charge in [-0.15, -0.1) is 0 Å². The zero-order chi connectivity index (χ0) is 93.7. The van der Waals surface area contributed by atoms with Gasteiger partial charge in [-0.2, -0.15) is 0 Å². The van der Waals surface area contributed by atoms with Crippen LogP contribution < -0.4 is 120 Å². The van der Waals surface area contributed by atoms with Crippen LogP contribution >= 0.6 is 21.6 Å². The van der Waals surface area contributed by atoms with Crippen LogP contribution in [0.5, 0.6) is 0 Å². The highest BCUT2D eigenvalue weighted by Gasteiger charge is 2.40. The molecule has 0 aromatic rings. The summed E-state index contributed by atoms with van der Waals surface area (Å²) in [6.45, 7) is 23.5. The molecule has 712 valence electrons. The molecule has 1 heterocycles. The lowest BCUT2D eigenvalue weighted by molar-refractivity contribution is -0.138. The van der Waals surface area contributed by atoms with Gasteiger partial charge in [0.2, 0.25) is 88.6 Å². The monoisotopic (exact) mass is 1800 g/mol. The van der Waals surface area contributed by atoms with E-state index in [0.29, 0.717) is 64.2 Å². The van der Waals surface area contributed by atoms with Crippen LogP contribution in [0.4, 0.5) is 0 Å². The topological polar surface area (TPSA) is 656 Å². The molecule has 124 heavy (non-hydrogen) atoms. The number of amides is 15. The van der Waals surface area contributed by atoms with E-state index in [1.165, 1.54) is 6.92 Å². The lowest BCUT2D eigenvalue weighted by atomic mass is 9.98. The Morgan fingerprint density at radius 1 is 0.331 bits per heavy atom. The molecule has 0 aliphatic carbocycles. The van der Waals surface area contributed by atoms with Gasteiger partial charge in [-0.1, -0.05) is 105 Å². The molecule has 0 bridgehead atoms. The number of carboxylic acid groups (broad SMARTS) is 1. The number of hydrogen-bond acceptors (Lipinski definition) is 25. The van der Waals surface area contributed by atoms with Gasteiger partial charge in [-0.05, 0) is 236 Å². The number of nitrogens with one attached hydrogen (secondary N) is 15. The molecule has 0 radical (unpaired) electrons. The second kappa shape index (κ2) is 63.8. The smallest absolute Gasteiger partial charge is 0.322 e. The third kappa shape index (κ3) is 48.0. The van der Waals surface area contributed by atoms with E-state index in [9.17, 15) is 62.3 Å². The predicted octanol–water partition coefficient (Wildman–Crippen LogP) is -1.23.